The average Bonchev–Trinajstić information content (AvgIpc) is 2.66. The van der Waals surface area contributed by atoms with Crippen LogP contribution in [-0.4, -0.2) is 10.9 Å². The van der Waals surface area contributed by atoms with E-state index in [2.05, 4.69) is 15.6 Å². The van der Waals surface area contributed by atoms with Crippen LogP contribution in [-0.2, 0) is 0 Å². The van der Waals surface area contributed by atoms with E-state index in [9.17, 15) is 18.0 Å². The number of alkyl halides is 2. The topological polar surface area (TPSA) is 54.0 Å². The van der Waals surface area contributed by atoms with Gasteiger partial charge in [0, 0.05) is 29.3 Å². The zero-order chi connectivity index (χ0) is 21.1. The second-order valence-electron chi connectivity index (χ2n) is 6.45. The lowest BCUT2D eigenvalue weighted by molar-refractivity contribution is 0.102. The molecule has 0 saturated heterocycles. The molecule has 3 rings (SSSR count). The van der Waals surface area contributed by atoms with Gasteiger partial charge in [-0.25, -0.2) is 13.2 Å². The first kappa shape index (κ1) is 20.7. The largest absolute Gasteiger partial charge is 0.355 e. The maximum atomic E-state index is 13.4. The summed E-state index contributed by atoms with van der Waals surface area (Å²) in [6.45, 7) is 3.44. The zero-order valence-corrected chi connectivity index (χ0v) is 16.3. The van der Waals surface area contributed by atoms with Crippen LogP contribution in [0.25, 0.3) is 0 Å². The summed E-state index contributed by atoms with van der Waals surface area (Å²) in [6.07, 6.45) is 0.289. The lowest BCUT2D eigenvalue weighted by atomic mass is 10.1. The monoisotopic (exact) mass is 419 g/mol. The highest BCUT2D eigenvalue weighted by molar-refractivity contribution is 6.32. The molecule has 150 valence electrons. The SMILES string of the molecule is Cc1cnccc1NC(=O)c1cc(Cl)c(C(F)F)cc1Nc1ccc(F)cc1C. The number of benzene rings is 2. The Bertz CT molecular complexity index is 1070. The standard InChI is InChI=1S/C21H17ClF3N3O/c1-11-7-13(23)3-4-17(11)27-19-9-14(20(24)25)16(22)8-15(19)21(29)28-18-5-6-26-10-12(18)2/h3-10,20,27H,1-2H3,(H,26,28,29). The molecule has 1 aromatic heterocycles. The number of carbonyl (C=O) groups excluding carboxylic acids is 1. The van der Waals surface area contributed by atoms with Crippen molar-refractivity contribution in [2.24, 2.45) is 0 Å². The van der Waals surface area contributed by atoms with Crippen LogP contribution in [0.1, 0.15) is 33.5 Å². The van der Waals surface area contributed by atoms with Gasteiger partial charge in [-0.2, -0.15) is 0 Å². The Balaban J connectivity index is 2.04. The molecule has 2 aromatic carbocycles. The van der Waals surface area contributed by atoms with Gasteiger partial charge in [-0.1, -0.05) is 11.6 Å². The molecule has 0 aliphatic carbocycles. The fraction of sp³-hybridized carbons (Fsp3) is 0.143. The van der Waals surface area contributed by atoms with Crippen molar-refractivity contribution in [1.29, 1.82) is 0 Å². The number of nitrogens with zero attached hydrogens (tertiary/aromatic N) is 1. The Hall–Kier alpha value is -3.06. The molecule has 0 bridgehead atoms. The van der Waals surface area contributed by atoms with E-state index in [1.807, 2.05) is 0 Å². The molecule has 0 saturated carbocycles. The summed E-state index contributed by atoms with van der Waals surface area (Å²) in [5.41, 5.74) is 2.08. The first-order chi connectivity index (χ1) is 13.8. The Morgan fingerprint density at radius 3 is 2.45 bits per heavy atom. The number of rotatable bonds is 5. The minimum Gasteiger partial charge on any atom is -0.355 e. The predicted molar refractivity (Wildman–Crippen MR) is 108 cm³/mol. The van der Waals surface area contributed by atoms with Gasteiger partial charge in [0.2, 0.25) is 0 Å². The number of aromatic nitrogens is 1. The predicted octanol–water partition coefficient (Wildman–Crippen LogP) is 6.42. The summed E-state index contributed by atoms with van der Waals surface area (Å²) in [5.74, 6) is -0.965. The van der Waals surface area contributed by atoms with Gasteiger partial charge >= 0.3 is 0 Å². The van der Waals surface area contributed by atoms with Crippen molar-refractivity contribution >= 4 is 34.6 Å². The lowest BCUT2D eigenvalue weighted by Gasteiger charge is -2.17. The number of pyridine rings is 1. The van der Waals surface area contributed by atoms with E-state index in [0.717, 1.165) is 11.6 Å². The third kappa shape index (κ3) is 4.68. The van der Waals surface area contributed by atoms with Crippen molar-refractivity contribution in [2.75, 3.05) is 10.6 Å². The van der Waals surface area contributed by atoms with Gasteiger partial charge in [-0.3, -0.25) is 9.78 Å². The third-order valence-electron chi connectivity index (χ3n) is 4.34. The van der Waals surface area contributed by atoms with Gasteiger partial charge < -0.3 is 10.6 Å². The van der Waals surface area contributed by atoms with Gasteiger partial charge in [-0.05, 0) is 61.4 Å². The molecule has 3 aromatic rings. The number of carbonyl (C=O) groups is 1. The van der Waals surface area contributed by atoms with Gasteiger partial charge in [0.25, 0.3) is 12.3 Å². The zero-order valence-electron chi connectivity index (χ0n) is 15.6. The van der Waals surface area contributed by atoms with Crippen molar-refractivity contribution in [2.45, 2.75) is 20.3 Å². The lowest BCUT2D eigenvalue weighted by Crippen LogP contribution is -2.15. The summed E-state index contributed by atoms with van der Waals surface area (Å²) in [7, 11) is 0. The van der Waals surface area contributed by atoms with Crippen LogP contribution in [0.4, 0.5) is 30.2 Å². The molecule has 0 aliphatic heterocycles. The fourth-order valence-corrected chi connectivity index (χ4v) is 3.01. The van der Waals surface area contributed by atoms with Crippen LogP contribution in [0.5, 0.6) is 0 Å². The Labute approximate surface area is 170 Å². The first-order valence-electron chi connectivity index (χ1n) is 8.63. The van der Waals surface area contributed by atoms with E-state index in [1.165, 1.54) is 30.5 Å². The Morgan fingerprint density at radius 1 is 1.03 bits per heavy atom. The van der Waals surface area contributed by atoms with Gasteiger partial charge in [-0.15, -0.1) is 0 Å². The average molecular weight is 420 g/mol. The fourth-order valence-electron chi connectivity index (χ4n) is 2.76. The van der Waals surface area contributed by atoms with Crippen LogP contribution in [0.15, 0.2) is 48.8 Å². The molecule has 2 N–H and O–H groups in total. The van der Waals surface area contributed by atoms with Crippen LogP contribution in [0, 0.1) is 19.7 Å². The first-order valence-corrected chi connectivity index (χ1v) is 9.00. The van der Waals surface area contributed by atoms with Crippen LogP contribution in [0.2, 0.25) is 5.02 Å². The molecule has 8 heteroatoms. The molecular weight excluding hydrogens is 403 g/mol. The molecule has 0 radical (unpaired) electrons. The van der Waals surface area contributed by atoms with Gasteiger partial charge in [0.15, 0.2) is 0 Å². The maximum Gasteiger partial charge on any atom is 0.265 e. The highest BCUT2D eigenvalue weighted by atomic mass is 35.5. The minimum atomic E-state index is -2.82. The Morgan fingerprint density at radius 2 is 1.79 bits per heavy atom. The molecule has 29 heavy (non-hydrogen) atoms. The maximum absolute atomic E-state index is 13.4. The van der Waals surface area contributed by atoms with Crippen LogP contribution in [0.3, 0.4) is 0 Å². The summed E-state index contributed by atoms with van der Waals surface area (Å²) < 4.78 is 40.1. The second-order valence-corrected chi connectivity index (χ2v) is 6.86. The molecule has 0 atom stereocenters. The second kappa shape index (κ2) is 8.53. The summed E-state index contributed by atoms with van der Waals surface area (Å²) in [5, 5.41) is 5.44. The quantitative estimate of drug-likeness (QED) is 0.501. The smallest absolute Gasteiger partial charge is 0.265 e. The molecule has 0 unspecified atom stereocenters. The van der Waals surface area contributed by atoms with Crippen molar-refractivity contribution in [1.82, 2.24) is 4.98 Å². The van der Waals surface area contributed by atoms with Crippen molar-refractivity contribution < 1.29 is 18.0 Å². The number of hydrogen-bond donors (Lipinski definition) is 2. The highest BCUT2D eigenvalue weighted by Gasteiger charge is 2.20. The molecule has 0 spiro atoms. The minimum absolute atomic E-state index is 0.0688. The number of aryl methyl sites for hydroxylation is 2. The van der Waals surface area contributed by atoms with Crippen LogP contribution >= 0.6 is 11.6 Å². The molecule has 0 aliphatic rings. The summed E-state index contributed by atoms with van der Waals surface area (Å²) in [4.78, 5) is 16.8. The third-order valence-corrected chi connectivity index (χ3v) is 4.67. The normalized spacial score (nSPS) is 10.9. The Kier molecular flexibility index (Phi) is 6.08. The molecule has 4 nitrogen and oxygen atoms in total. The van der Waals surface area contributed by atoms with Crippen molar-refractivity contribution in [3.8, 4) is 0 Å². The van der Waals surface area contributed by atoms with E-state index in [-0.39, 0.29) is 16.3 Å². The van der Waals surface area contributed by atoms with Gasteiger partial charge in [0.05, 0.1) is 16.3 Å². The van der Waals surface area contributed by atoms with E-state index in [4.69, 9.17) is 11.6 Å². The van der Waals surface area contributed by atoms with E-state index >= 15 is 0 Å². The molecule has 1 amide bonds. The van der Waals surface area contributed by atoms with Gasteiger partial charge in [0.1, 0.15) is 5.82 Å². The highest BCUT2D eigenvalue weighted by Crippen LogP contribution is 2.34. The summed E-state index contributed by atoms with van der Waals surface area (Å²) >= 11 is 5.98. The van der Waals surface area contributed by atoms with E-state index in [1.54, 1.807) is 26.1 Å². The van der Waals surface area contributed by atoms with E-state index < -0.39 is 23.7 Å². The summed E-state index contributed by atoms with van der Waals surface area (Å²) in [6, 6.07) is 7.95. The van der Waals surface area contributed by atoms with Crippen molar-refractivity contribution in [3.63, 3.8) is 0 Å². The van der Waals surface area contributed by atoms with Crippen molar-refractivity contribution in [3.05, 3.63) is 81.9 Å². The van der Waals surface area contributed by atoms with Crippen LogP contribution < -0.4 is 10.6 Å². The number of amides is 1. The molecular formula is C21H17ClF3N3O. The number of hydrogen-bond acceptors (Lipinski definition) is 3. The number of halogens is 4. The number of anilines is 3. The van der Waals surface area contributed by atoms with E-state index in [0.29, 0.717) is 16.9 Å². The number of nitrogens with one attached hydrogen (secondary N) is 2. The molecule has 1 heterocycles. The molecule has 0 fully saturated rings.